The summed E-state index contributed by atoms with van der Waals surface area (Å²) in [5.74, 6) is 0. The van der Waals surface area contributed by atoms with Crippen LogP contribution in [-0.4, -0.2) is 18.3 Å². The molecule has 21 heteroatoms. The van der Waals surface area contributed by atoms with Crippen molar-refractivity contribution in [2.45, 2.75) is 13.1 Å². The number of halogens is 3. The van der Waals surface area contributed by atoms with Crippen LogP contribution >= 0.6 is 0 Å². The third-order valence-corrected chi connectivity index (χ3v) is 26.5. The maximum absolute atomic E-state index is 16.3. The first kappa shape index (κ1) is 89.3. The summed E-state index contributed by atoms with van der Waals surface area (Å²) in [6, 6.07) is 116. The number of aryl methyl sites for hydroxylation is 1. The molecule has 22 rings (SSSR count). The molecule has 4 aromatic heterocycles. The second-order valence-electron chi connectivity index (χ2n) is 34.4. The molecule has 0 aliphatic heterocycles. The molecule has 0 saturated heterocycles. The van der Waals surface area contributed by atoms with Crippen LogP contribution in [-0.2, 0) is 6.18 Å². The maximum Gasteiger partial charge on any atom is 0.417 e. The Morgan fingerprint density at radius 3 is 0.966 bits per heavy atom. The van der Waals surface area contributed by atoms with E-state index in [9.17, 15) is 36.8 Å². The highest BCUT2D eigenvalue weighted by atomic mass is 19.4. The van der Waals surface area contributed by atoms with Crippen molar-refractivity contribution < 1.29 is 13.2 Å². The van der Waals surface area contributed by atoms with Gasteiger partial charge in [0.25, 0.3) is 0 Å². The molecule has 0 radical (unpaired) electrons. The van der Waals surface area contributed by atoms with Crippen LogP contribution in [0.2, 0.25) is 0 Å². The Morgan fingerprint density at radius 2 is 0.559 bits per heavy atom. The summed E-state index contributed by atoms with van der Waals surface area (Å²) >= 11 is 0. The molecule has 0 atom stereocenters. The molecule has 0 N–H and O–H groups in total. The predicted octanol–water partition coefficient (Wildman–Crippen LogP) is 33.4. The highest BCUT2D eigenvalue weighted by molar-refractivity contribution is 6.17. The lowest BCUT2D eigenvalue weighted by Gasteiger charge is -2.22. The summed E-state index contributed by atoms with van der Waals surface area (Å²) < 4.78 is 56.9. The van der Waals surface area contributed by atoms with Gasteiger partial charge in [0.05, 0.1) is 166 Å². The van der Waals surface area contributed by atoms with Crippen LogP contribution in [0.15, 0.2) is 340 Å². The Morgan fingerprint density at radius 1 is 0.228 bits per heavy atom. The van der Waals surface area contributed by atoms with E-state index in [0.717, 1.165) is 100.0 Å². The van der Waals surface area contributed by atoms with Crippen molar-refractivity contribution in [1.29, 1.82) is 36.8 Å². The van der Waals surface area contributed by atoms with Crippen LogP contribution in [0, 0.1) is 132 Å². The van der Waals surface area contributed by atoms with Crippen LogP contribution in [0.25, 0.3) is 233 Å². The lowest BCUT2D eigenvalue weighted by molar-refractivity contribution is -0.137. The first-order valence-corrected chi connectivity index (χ1v) is 44.9. The van der Waals surface area contributed by atoms with Gasteiger partial charge in [0.15, 0.2) is 39.8 Å². The van der Waals surface area contributed by atoms with Crippen molar-refractivity contribution in [2.24, 2.45) is 0 Å². The third kappa shape index (κ3) is 15.3. The highest BCUT2D eigenvalue weighted by Gasteiger charge is 2.38. The fourth-order valence-corrected chi connectivity index (χ4v) is 20.1. The Bertz CT molecular complexity index is 9870. The van der Waals surface area contributed by atoms with Crippen LogP contribution in [0.1, 0.15) is 50.1 Å². The lowest BCUT2D eigenvalue weighted by Crippen LogP contribution is -2.11. The second kappa shape index (κ2) is 36.1. The van der Waals surface area contributed by atoms with Gasteiger partial charge in [0.1, 0.15) is 0 Å². The van der Waals surface area contributed by atoms with E-state index in [1.807, 2.05) is 120 Å². The summed E-state index contributed by atoms with van der Waals surface area (Å²) in [4.78, 5) is 25.6. The third-order valence-electron chi connectivity index (χ3n) is 26.5. The zero-order chi connectivity index (χ0) is 100. The number of rotatable bonds is 12. The van der Waals surface area contributed by atoms with E-state index < -0.39 is 11.7 Å². The van der Waals surface area contributed by atoms with E-state index in [1.165, 1.54) is 42.5 Å². The normalized spacial score (nSPS) is 10.9. The number of hydrogen-bond donors (Lipinski definition) is 0. The van der Waals surface area contributed by atoms with Gasteiger partial charge in [-0.2, -0.15) is 50.0 Å². The first-order chi connectivity index (χ1) is 70.7. The van der Waals surface area contributed by atoms with Crippen LogP contribution in [0.5, 0.6) is 0 Å². The van der Waals surface area contributed by atoms with Gasteiger partial charge in [-0.3, -0.25) is 0 Å². The molecule has 22 aromatic rings. The van der Waals surface area contributed by atoms with Crippen molar-refractivity contribution in [3.8, 4) is 154 Å². The molecule has 18 nitrogen and oxygen atoms in total. The SMILES string of the molecule is [C-]#[N+]c1cc(C#N)cc(-c2ccc3c(c2)c2ccccc2n3-c2ccc([N+]#[C-])cc2-c2c(C)cccc2-n2c3ccccc3c3cc(-c4cc(C#N)cc([N+]#[C-])c4)ccc32)c1.[C-]#[N+]c1ccc(-c2ccc3c(c2)c2cc(-c4ccc(C#N)cc4[N+]#[C-])ccc2n3-c2ccc(C#N)cc2-c2c(-n3c4ccc(-c5ccc([N+]#[C-])cc5C#N)cc4c4cc(-c5ccc(C#N)cc5[N+]#[C-])ccc43)cccc2C(F)(F)F)c(C#N)c1. The molecule has 145 heavy (non-hydrogen) atoms. The number of benzene rings is 18. The second-order valence-corrected chi connectivity index (χ2v) is 34.4. The van der Waals surface area contributed by atoms with Crippen molar-refractivity contribution in [3.63, 3.8) is 0 Å². The summed E-state index contributed by atoms with van der Waals surface area (Å²) in [5, 5.41) is 76.6. The molecule has 0 aliphatic rings. The van der Waals surface area contributed by atoms with Crippen molar-refractivity contribution in [1.82, 2.24) is 18.3 Å². The molecule has 18 aromatic carbocycles. The van der Waals surface area contributed by atoms with Gasteiger partial charge in [-0.1, -0.05) is 133 Å². The number of para-hydroxylation sites is 2. The minimum atomic E-state index is -4.98. The van der Waals surface area contributed by atoms with Crippen LogP contribution in [0.3, 0.4) is 0 Å². The molecule has 0 saturated carbocycles. The largest absolute Gasteiger partial charge is 0.417 e. The van der Waals surface area contributed by atoms with E-state index in [2.05, 4.69) is 159 Å². The Kier molecular flexibility index (Phi) is 22.3. The summed E-state index contributed by atoms with van der Waals surface area (Å²) in [7, 11) is 0. The van der Waals surface area contributed by atoms with E-state index in [-0.39, 0.29) is 67.5 Å². The molecule has 0 unspecified atom stereocenters. The Balaban J connectivity index is 0.000000179. The average molecular weight is 1860 g/mol. The highest BCUT2D eigenvalue weighted by Crippen LogP contribution is 2.52. The number of alkyl halides is 3. The van der Waals surface area contributed by atoms with Crippen LogP contribution < -0.4 is 0 Å². The molecule has 0 bridgehead atoms. The number of nitrogens with zero attached hydrogens (tertiary/aromatic N) is 18. The van der Waals surface area contributed by atoms with E-state index in [4.69, 9.17) is 46.0 Å². The molecule has 666 valence electrons. The minimum Gasteiger partial charge on any atom is -0.309 e. The quantitative estimate of drug-likeness (QED) is 0.108. The topological polar surface area (TPSA) is 217 Å². The fraction of sp³-hybridized carbons (Fsp3) is 0.0161. The smallest absolute Gasteiger partial charge is 0.309 e. The minimum absolute atomic E-state index is 0.0360. The van der Waals surface area contributed by atoms with Gasteiger partial charge in [0, 0.05) is 93.2 Å². The molecular formula is C124H59F3N18. The molecular weight excluding hydrogens is 1800 g/mol. The lowest BCUT2D eigenvalue weighted by atomic mass is 9.93. The predicted molar refractivity (Wildman–Crippen MR) is 560 cm³/mol. The zero-order valence-electron chi connectivity index (χ0n) is 76.0. The van der Waals surface area contributed by atoms with Crippen molar-refractivity contribution in [2.75, 3.05) is 0 Å². The fourth-order valence-electron chi connectivity index (χ4n) is 20.1. The molecule has 0 aliphatic carbocycles. The van der Waals surface area contributed by atoms with Crippen molar-refractivity contribution in [3.05, 3.63) is 470 Å². The van der Waals surface area contributed by atoms with Gasteiger partial charge in [-0.05, 0) is 291 Å². The summed E-state index contributed by atoms with van der Waals surface area (Å²) in [6.07, 6.45) is -4.98. The number of fused-ring (bicyclic) bond motifs is 12. The van der Waals surface area contributed by atoms with Gasteiger partial charge in [0.2, 0.25) is 0 Å². The molecule has 4 heterocycles. The average Bonchev–Trinajstić information content (AvgIpc) is 1.56. The van der Waals surface area contributed by atoms with Crippen LogP contribution in [0.4, 0.5) is 53.0 Å². The molecule has 0 fully saturated rings. The first-order valence-electron chi connectivity index (χ1n) is 44.9. The van der Waals surface area contributed by atoms with Crippen molar-refractivity contribution >= 4 is 127 Å². The summed E-state index contributed by atoms with van der Waals surface area (Å²) in [5.41, 5.74) is 22.1. The molecule has 0 amide bonds. The Hall–Kier alpha value is -22.2. The van der Waals surface area contributed by atoms with Gasteiger partial charge in [-0.25, -0.2) is 33.9 Å². The number of nitriles is 7. The standard InChI is InChI=1S/C70H30F3N11.C54H29N7/c1-79-49-15-19-51(47(29-49)38-77)43-11-22-63-55(31-43)57-33-45(53-17-8-41(36-75)27-61(53)81-3)13-24-64(57)83(63)67-21-10-40(35-74)26-59(67)69-60(70(71,72)73)6-5-7-68(69)84-65-23-12-44(52-20-16-50(80-2)30-48(52)39-78)32-56(65)58-34-46(14-25-66(58)84)54-18-9-42(37-76)28-62(54)82-4;1-33-10-9-15-53(61-49-14-8-6-12-44(49)46-29-37(17-20-51(46)61)39-23-35(32-56)25-42(27-39)59-4)54(33)47-30-40(57-2)18-21-52(47)60-48-13-7-5-11-43(48)45-28-36(16-19-50(45)60)38-22-34(31-55)24-41(26-38)58-3/h5-34H;5-30H,1H3. The van der Waals surface area contributed by atoms with E-state index in [1.54, 1.807) is 114 Å². The summed E-state index contributed by atoms with van der Waals surface area (Å²) in [6.45, 7) is 56.7. The van der Waals surface area contributed by atoms with E-state index in [0.29, 0.717) is 122 Å². The van der Waals surface area contributed by atoms with Gasteiger partial charge < -0.3 is 18.3 Å². The Labute approximate surface area is 827 Å². The van der Waals surface area contributed by atoms with E-state index >= 15 is 13.2 Å². The van der Waals surface area contributed by atoms with Gasteiger partial charge in [-0.15, -0.1) is 0 Å². The zero-order valence-corrected chi connectivity index (χ0v) is 76.0. The van der Waals surface area contributed by atoms with Gasteiger partial charge >= 0.3 is 6.18 Å². The maximum atomic E-state index is 16.3. The monoisotopic (exact) mass is 1860 g/mol. The molecule has 0 spiro atoms. The number of aromatic nitrogens is 4. The number of hydrogen-bond acceptors (Lipinski definition) is 7.